The fourth-order valence-corrected chi connectivity index (χ4v) is 1.06. The molecule has 0 spiro atoms. The lowest BCUT2D eigenvalue weighted by Crippen LogP contribution is -1.92. The van der Waals surface area contributed by atoms with Crippen molar-refractivity contribution in [3.63, 3.8) is 0 Å². The van der Waals surface area contributed by atoms with Gasteiger partial charge in [-0.25, -0.2) is 8.78 Å². The van der Waals surface area contributed by atoms with Crippen LogP contribution in [0, 0.1) is 17.8 Å². The average Bonchev–Trinajstić information content (AvgIpc) is 2.25. The van der Waals surface area contributed by atoms with Crippen LogP contribution in [0.4, 0.5) is 8.78 Å². The molecule has 0 aliphatic rings. The van der Waals surface area contributed by atoms with E-state index < -0.39 is 17.4 Å². The highest BCUT2D eigenvalue weighted by atomic mass is 19.1. The van der Waals surface area contributed by atoms with Gasteiger partial charge in [-0.05, 0) is 18.2 Å². The highest BCUT2D eigenvalue weighted by Gasteiger charge is 2.10. The molecule has 1 aromatic carbocycles. The normalized spacial score (nSPS) is 10.0. The molecule has 0 bridgehead atoms. The lowest BCUT2D eigenvalue weighted by molar-refractivity contribution is 0.407. The molecule has 0 N–H and O–H groups in total. The number of pyridine rings is 1. The summed E-state index contributed by atoms with van der Waals surface area (Å²) in [5.41, 5.74) is 0. The Morgan fingerprint density at radius 2 is 1.87 bits per heavy atom. The van der Waals surface area contributed by atoms with Crippen molar-refractivity contribution < 1.29 is 13.5 Å². The second kappa shape index (κ2) is 4.04. The molecule has 0 fully saturated rings. The minimum atomic E-state index is -0.744. The third-order valence-corrected chi connectivity index (χ3v) is 1.73. The zero-order chi connectivity index (χ0) is 10.7. The van der Waals surface area contributed by atoms with Gasteiger partial charge < -0.3 is 4.74 Å². The van der Waals surface area contributed by atoms with Crippen LogP contribution in [0.25, 0.3) is 0 Å². The molecule has 0 saturated heterocycles. The van der Waals surface area contributed by atoms with Gasteiger partial charge in [0.25, 0.3) is 0 Å². The first-order chi connectivity index (χ1) is 7.27. The molecule has 0 atom stereocenters. The first-order valence-electron chi connectivity index (χ1n) is 4.21. The van der Waals surface area contributed by atoms with Gasteiger partial charge in [-0.2, -0.15) is 0 Å². The summed E-state index contributed by atoms with van der Waals surface area (Å²) >= 11 is 0. The molecule has 2 rings (SSSR count). The van der Waals surface area contributed by atoms with E-state index in [4.69, 9.17) is 4.74 Å². The van der Waals surface area contributed by atoms with E-state index in [-0.39, 0.29) is 5.75 Å². The number of benzene rings is 1. The standard InChI is InChI=1S/C11H6F2NO/c12-9-2-1-3-10(13)11(9)15-8-4-6-14-7-5-8/h1-6H. The summed E-state index contributed by atoms with van der Waals surface area (Å²) in [6.45, 7) is 0. The molecule has 0 aliphatic carbocycles. The molecule has 0 aliphatic heterocycles. The van der Waals surface area contributed by atoms with Crippen molar-refractivity contribution in [2.24, 2.45) is 0 Å². The Hall–Kier alpha value is -1.97. The number of ether oxygens (including phenoxy) is 1. The van der Waals surface area contributed by atoms with E-state index >= 15 is 0 Å². The summed E-state index contributed by atoms with van der Waals surface area (Å²) in [6, 6.07) is 6.41. The van der Waals surface area contributed by atoms with Crippen LogP contribution in [0.15, 0.2) is 36.5 Å². The van der Waals surface area contributed by atoms with Gasteiger partial charge in [0, 0.05) is 12.3 Å². The van der Waals surface area contributed by atoms with Crippen molar-refractivity contribution in [1.29, 1.82) is 0 Å². The molecule has 75 valence electrons. The quantitative estimate of drug-likeness (QED) is 0.753. The Morgan fingerprint density at radius 3 is 2.47 bits per heavy atom. The Labute approximate surface area is 85.2 Å². The van der Waals surface area contributed by atoms with Crippen molar-refractivity contribution in [1.82, 2.24) is 4.98 Å². The maximum Gasteiger partial charge on any atom is 0.198 e. The van der Waals surface area contributed by atoms with Crippen LogP contribution in [0.5, 0.6) is 11.5 Å². The van der Waals surface area contributed by atoms with E-state index in [1.54, 1.807) is 0 Å². The molecule has 4 heteroatoms. The number of rotatable bonds is 2. The van der Waals surface area contributed by atoms with E-state index in [0.29, 0.717) is 0 Å². The molecule has 2 nitrogen and oxygen atoms in total. The molecule has 0 unspecified atom stereocenters. The van der Waals surface area contributed by atoms with E-state index in [1.165, 1.54) is 24.4 Å². The smallest absolute Gasteiger partial charge is 0.198 e. The highest BCUT2D eigenvalue weighted by Crippen LogP contribution is 2.26. The van der Waals surface area contributed by atoms with Crippen molar-refractivity contribution in [2.75, 3.05) is 0 Å². The lowest BCUT2D eigenvalue weighted by Gasteiger charge is -2.06. The summed E-state index contributed by atoms with van der Waals surface area (Å²) in [6.07, 6.45) is 3.92. The van der Waals surface area contributed by atoms with Gasteiger partial charge in [0.15, 0.2) is 17.4 Å². The largest absolute Gasteiger partial charge is 0.451 e. The second-order valence-electron chi connectivity index (χ2n) is 2.77. The summed E-state index contributed by atoms with van der Waals surface area (Å²) in [7, 11) is 0. The maximum atomic E-state index is 13.1. The van der Waals surface area contributed by atoms with E-state index in [2.05, 4.69) is 11.2 Å². The highest BCUT2D eigenvalue weighted by molar-refractivity contribution is 5.31. The van der Waals surface area contributed by atoms with Crippen LogP contribution >= 0.6 is 0 Å². The summed E-state index contributed by atoms with van der Waals surface area (Å²) in [5.74, 6) is -1.62. The summed E-state index contributed by atoms with van der Waals surface area (Å²) in [5, 5.41) is 0. The molecule has 0 saturated carbocycles. The van der Waals surface area contributed by atoms with Crippen LogP contribution in [0.3, 0.4) is 0 Å². The SMILES string of the molecule is Fc1cccc(F)c1Oc1c[c]ncc1. The summed E-state index contributed by atoms with van der Waals surface area (Å²) in [4.78, 5) is 3.64. The molecular weight excluding hydrogens is 200 g/mol. The Bertz CT molecular complexity index is 439. The van der Waals surface area contributed by atoms with Crippen molar-refractivity contribution in [3.05, 3.63) is 54.4 Å². The number of nitrogens with zero attached hydrogens (tertiary/aromatic N) is 1. The fraction of sp³-hybridized carbons (Fsp3) is 0. The molecule has 1 heterocycles. The maximum absolute atomic E-state index is 13.1. The zero-order valence-electron chi connectivity index (χ0n) is 7.58. The Morgan fingerprint density at radius 1 is 1.13 bits per heavy atom. The van der Waals surface area contributed by atoms with Gasteiger partial charge in [-0.1, -0.05) is 6.07 Å². The van der Waals surface area contributed by atoms with Crippen molar-refractivity contribution in [3.8, 4) is 11.5 Å². The third-order valence-electron chi connectivity index (χ3n) is 1.73. The Balaban J connectivity index is 2.32. The van der Waals surface area contributed by atoms with E-state index in [1.807, 2.05) is 0 Å². The second-order valence-corrected chi connectivity index (χ2v) is 2.77. The zero-order valence-corrected chi connectivity index (χ0v) is 7.58. The number of para-hydroxylation sites is 1. The first-order valence-corrected chi connectivity index (χ1v) is 4.21. The number of halogens is 2. The molecule has 2 aromatic rings. The van der Waals surface area contributed by atoms with Gasteiger partial charge in [0.2, 0.25) is 0 Å². The van der Waals surface area contributed by atoms with Crippen molar-refractivity contribution in [2.45, 2.75) is 0 Å². The van der Waals surface area contributed by atoms with Crippen LogP contribution in [-0.4, -0.2) is 4.98 Å². The van der Waals surface area contributed by atoms with Crippen molar-refractivity contribution >= 4 is 0 Å². The minimum absolute atomic E-state index is 0.286. The third kappa shape index (κ3) is 2.10. The van der Waals surface area contributed by atoms with Gasteiger partial charge >= 0.3 is 0 Å². The first kappa shape index (κ1) is 9.58. The number of hydrogen-bond donors (Lipinski definition) is 0. The van der Waals surface area contributed by atoms with Crippen LogP contribution in [0.2, 0.25) is 0 Å². The monoisotopic (exact) mass is 206 g/mol. The van der Waals surface area contributed by atoms with Gasteiger partial charge in [0.1, 0.15) is 5.75 Å². The predicted octanol–water partition coefficient (Wildman–Crippen LogP) is 2.95. The van der Waals surface area contributed by atoms with E-state index in [0.717, 1.165) is 12.1 Å². The summed E-state index contributed by atoms with van der Waals surface area (Å²) < 4.78 is 31.3. The molecule has 15 heavy (non-hydrogen) atoms. The predicted molar refractivity (Wildman–Crippen MR) is 49.5 cm³/mol. The topological polar surface area (TPSA) is 22.1 Å². The van der Waals surface area contributed by atoms with Gasteiger partial charge in [-0.3, -0.25) is 4.98 Å². The van der Waals surface area contributed by atoms with Crippen LogP contribution < -0.4 is 4.74 Å². The lowest BCUT2D eigenvalue weighted by atomic mass is 10.3. The molecule has 1 aromatic heterocycles. The Kier molecular flexibility index (Phi) is 2.58. The van der Waals surface area contributed by atoms with Gasteiger partial charge in [-0.15, -0.1) is 0 Å². The number of aromatic nitrogens is 1. The van der Waals surface area contributed by atoms with Crippen LogP contribution in [0.1, 0.15) is 0 Å². The minimum Gasteiger partial charge on any atom is -0.451 e. The van der Waals surface area contributed by atoms with Crippen LogP contribution in [-0.2, 0) is 0 Å². The molecule has 0 amide bonds. The molecular formula is C11H6F2NO. The van der Waals surface area contributed by atoms with Gasteiger partial charge in [0.05, 0.1) is 6.20 Å². The number of hydrogen-bond acceptors (Lipinski definition) is 2. The fourth-order valence-electron chi connectivity index (χ4n) is 1.06. The molecule has 1 radical (unpaired) electrons. The average molecular weight is 206 g/mol. The van der Waals surface area contributed by atoms with E-state index in [9.17, 15) is 8.78 Å².